The average molecular weight is 574 g/mol. The summed E-state index contributed by atoms with van der Waals surface area (Å²) in [6.07, 6.45) is 5.18. The van der Waals surface area contributed by atoms with E-state index in [0.717, 1.165) is 24.2 Å². The van der Waals surface area contributed by atoms with Crippen molar-refractivity contribution in [3.8, 4) is 17.2 Å². The Morgan fingerprint density at radius 3 is 2.57 bits per heavy atom. The van der Waals surface area contributed by atoms with E-state index in [4.69, 9.17) is 20.3 Å². The Morgan fingerprint density at radius 1 is 1.00 bits per heavy atom. The lowest BCUT2D eigenvalue weighted by molar-refractivity contribution is -0.133. The maximum atomic E-state index is 13.3. The first kappa shape index (κ1) is 29.0. The van der Waals surface area contributed by atoms with Crippen molar-refractivity contribution in [1.82, 2.24) is 34.8 Å². The van der Waals surface area contributed by atoms with E-state index in [-0.39, 0.29) is 23.4 Å². The molecule has 5 rings (SSSR count). The molecule has 13 heteroatoms. The monoisotopic (exact) mass is 573 g/mol. The third-order valence-corrected chi connectivity index (χ3v) is 6.95. The number of aromatic amines is 1. The minimum Gasteiger partial charge on any atom is -0.379 e. The summed E-state index contributed by atoms with van der Waals surface area (Å²) in [5.74, 6) is 0.918. The molecular weight excluding hydrogens is 538 g/mol. The summed E-state index contributed by atoms with van der Waals surface area (Å²) >= 11 is 0. The molecule has 0 aliphatic carbocycles. The Bertz CT molecular complexity index is 1430. The van der Waals surface area contributed by atoms with E-state index >= 15 is 0 Å². The van der Waals surface area contributed by atoms with Crippen molar-refractivity contribution in [2.45, 2.75) is 25.2 Å². The first-order chi connectivity index (χ1) is 20.6. The number of nitrogens with one attached hydrogen (secondary N) is 2. The SMILES string of the molecule is NCCOCCOCCC(=O)N1CCC(c2cc(NC(=O)c3cccc(-c4ccn[nH]4)n3)n(-c3ccccn3)n2)CC1. The number of nitrogens with two attached hydrogens (primary N) is 1. The molecule has 1 saturated heterocycles. The molecule has 0 saturated carbocycles. The molecule has 42 heavy (non-hydrogen) atoms. The lowest BCUT2D eigenvalue weighted by Gasteiger charge is -2.31. The number of carbonyl (C=O) groups is 2. The number of hydrogen-bond donors (Lipinski definition) is 3. The van der Waals surface area contributed by atoms with E-state index in [1.165, 1.54) is 0 Å². The minimum atomic E-state index is -0.367. The van der Waals surface area contributed by atoms with Gasteiger partial charge in [-0.1, -0.05) is 12.1 Å². The van der Waals surface area contributed by atoms with Gasteiger partial charge in [-0.2, -0.15) is 14.9 Å². The lowest BCUT2D eigenvalue weighted by atomic mass is 9.93. The summed E-state index contributed by atoms with van der Waals surface area (Å²) in [6, 6.07) is 14.4. The fourth-order valence-corrected chi connectivity index (χ4v) is 4.78. The van der Waals surface area contributed by atoms with Gasteiger partial charge in [0, 0.05) is 44.0 Å². The Morgan fingerprint density at radius 2 is 1.83 bits per heavy atom. The highest BCUT2D eigenvalue weighted by atomic mass is 16.5. The van der Waals surface area contributed by atoms with Gasteiger partial charge in [-0.3, -0.25) is 14.7 Å². The Balaban J connectivity index is 1.22. The number of piperidine rings is 1. The van der Waals surface area contributed by atoms with Gasteiger partial charge in [0.2, 0.25) is 5.91 Å². The number of hydrogen-bond acceptors (Lipinski definition) is 9. The van der Waals surface area contributed by atoms with Crippen molar-refractivity contribution >= 4 is 17.6 Å². The van der Waals surface area contributed by atoms with Crippen molar-refractivity contribution in [2.24, 2.45) is 5.73 Å². The standard InChI is InChI=1S/C29H35N9O4/c30-11-17-42-19-18-41-16-10-28(39)37-14-8-21(9-15-37)25-20-27(38(36-25)26-6-1-2-12-31-26)34-29(40)24-5-3-4-22(33-24)23-7-13-32-35-23/h1-7,12-13,20-21H,8-11,14-19,30H2,(H,32,35)(H,34,40). The largest absolute Gasteiger partial charge is 0.379 e. The van der Waals surface area contributed by atoms with Crippen LogP contribution in [0, 0.1) is 0 Å². The molecule has 1 fully saturated rings. The quantitative estimate of drug-likeness (QED) is 0.204. The van der Waals surface area contributed by atoms with Crippen LogP contribution in [0.15, 0.2) is 60.9 Å². The number of ether oxygens (including phenoxy) is 2. The zero-order valence-electron chi connectivity index (χ0n) is 23.3. The predicted octanol–water partition coefficient (Wildman–Crippen LogP) is 2.39. The van der Waals surface area contributed by atoms with Gasteiger partial charge in [0.15, 0.2) is 5.82 Å². The van der Waals surface area contributed by atoms with Crippen LogP contribution in [-0.4, -0.2) is 92.7 Å². The molecule has 0 bridgehead atoms. The molecule has 5 heterocycles. The number of H-pyrrole nitrogens is 1. The molecule has 0 atom stereocenters. The number of likely N-dealkylation sites (tertiary alicyclic amines) is 1. The predicted molar refractivity (Wildman–Crippen MR) is 155 cm³/mol. The molecule has 1 aliphatic heterocycles. The van der Waals surface area contributed by atoms with Gasteiger partial charge in [-0.15, -0.1) is 0 Å². The Kier molecular flexibility index (Phi) is 9.98. The second-order valence-electron chi connectivity index (χ2n) is 9.81. The number of pyridine rings is 2. The summed E-state index contributed by atoms with van der Waals surface area (Å²) in [6.45, 7) is 3.52. The molecule has 13 nitrogen and oxygen atoms in total. The van der Waals surface area contributed by atoms with Crippen molar-refractivity contribution in [3.63, 3.8) is 0 Å². The zero-order valence-corrected chi connectivity index (χ0v) is 23.3. The number of anilines is 1. The van der Waals surface area contributed by atoms with Crippen LogP contribution in [-0.2, 0) is 14.3 Å². The van der Waals surface area contributed by atoms with Gasteiger partial charge in [0.25, 0.3) is 5.91 Å². The Hall–Kier alpha value is -4.46. The second kappa shape index (κ2) is 14.4. The van der Waals surface area contributed by atoms with Crippen LogP contribution in [0.5, 0.6) is 0 Å². The van der Waals surface area contributed by atoms with Crippen LogP contribution in [0.1, 0.15) is 41.4 Å². The maximum Gasteiger partial charge on any atom is 0.275 e. The summed E-state index contributed by atoms with van der Waals surface area (Å²) in [5.41, 5.74) is 7.82. The van der Waals surface area contributed by atoms with Gasteiger partial charge < -0.3 is 25.4 Å². The molecule has 0 spiro atoms. The first-order valence-corrected chi connectivity index (χ1v) is 14.0. The summed E-state index contributed by atoms with van der Waals surface area (Å²) in [4.78, 5) is 36.8. The van der Waals surface area contributed by atoms with Crippen LogP contribution < -0.4 is 11.1 Å². The molecule has 1 aliphatic rings. The summed E-state index contributed by atoms with van der Waals surface area (Å²) < 4.78 is 12.4. The second-order valence-corrected chi connectivity index (χ2v) is 9.81. The van der Waals surface area contributed by atoms with Gasteiger partial charge in [0.05, 0.1) is 49.9 Å². The van der Waals surface area contributed by atoms with E-state index in [1.807, 2.05) is 35.2 Å². The van der Waals surface area contributed by atoms with Crippen LogP contribution in [0.3, 0.4) is 0 Å². The highest BCUT2D eigenvalue weighted by molar-refractivity contribution is 6.02. The molecule has 0 radical (unpaired) electrons. The Labute approximate surface area is 243 Å². The van der Waals surface area contributed by atoms with Crippen LogP contribution in [0.25, 0.3) is 17.2 Å². The van der Waals surface area contributed by atoms with E-state index in [0.29, 0.717) is 69.8 Å². The number of aromatic nitrogens is 6. The van der Waals surface area contributed by atoms with E-state index in [1.54, 1.807) is 35.3 Å². The van der Waals surface area contributed by atoms with E-state index in [2.05, 4.69) is 25.5 Å². The van der Waals surface area contributed by atoms with Crippen molar-refractivity contribution in [2.75, 3.05) is 51.4 Å². The van der Waals surface area contributed by atoms with Crippen molar-refractivity contribution < 1.29 is 19.1 Å². The van der Waals surface area contributed by atoms with Crippen LogP contribution >= 0.6 is 0 Å². The summed E-state index contributed by atoms with van der Waals surface area (Å²) in [7, 11) is 0. The summed E-state index contributed by atoms with van der Waals surface area (Å²) in [5, 5.41) is 14.6. The van der Waals surface area contributed by atoms with Gasteiger partial charge in [-0.05, 0) is 43.2 Å². The fourth-order valence-electron chi connectivity index (χ4n) is 4.78. The van der Waals surface area contributed by atoms with Crippen molar-refractivity contribution in [1.29, 1.82) is 0 Å². The van der Waals surface area contributed by atoms with Gasteiger partial charge in [-0.25, -0.2) is 9.97 Å². The highest BCUT2D eigenvalue weighted by Gasteiger charge is 2.27. The lowest BCUT2D eigenvalue weighted by Crippen LogP contribution is -2.38. The third-order valence-electron chi connectivity index (χ3n) is 6.95. The van der Waals surface area contributed by atoms with E-state index < -0.39 is 0 Å². The molecule has 2 amide bonds. The molecule has 4 aromatic heterocycles. The van der Waals surface area contributed by atoms with Gasteiger partial charge >= 0.3 is 0 Å². The fraction of sp³-hybridized carbons (Fsp3) is 0.379. The van der Waals surface area contributed by atoms with Gasteiger partial charge in [0.1, 0.15) is 11.5 Å². The van der Waals surface area contributed by atoms with Crippen molar-refractivity contribution in [3.05, 3.63) is 72.3 Å². The third kappa shape index (κ3) is 7.43. The van der Waals surface area contributed by atoms with Crippen LogP contribution in [0.2, 0.25) is 0 Å². The number of rotatable bonds is 13. The number of amides is 2. The molecule has 0 aromatic carbocycles. The minimum absolute atomic E-state index is 0.0770. The average Bonchev–Trinajstić information content (AvgIpc) is 3.72. The smallest absolute Gasteiger partial charge is 0.275 e. The molecular formula is C29H35N9O4. The van der Waals surface area contributed by atoms with E-state index in [9.17, 15) is 9.59 Å². The number of nitrogens with zero attached hydrogens (tertiary/aromatic N) is 6. The van der Waals surface area contributed by atoms with Crippen LogP contribution in [0.4, 0.5) is 5.82 Å². The highest BCUT2D eigenvalue weighted by Crippen LogP contribution is 2.30. The molecule has 0 unspecified atom stereocenters. The molecule has 220 valence electrons. The molecule has 4 aromatic rings. The maximum absolute atomic E-state index is 13.3. The topological polar surface area (TPSA) is 166 Å². The zero-order chi connectivity index (χ0) is 29.1. The first-order valence-electron chi connectivity index (χ1n) is 14.0. The normalized spacial score (nSPS) is 13.8. The number of carbonyl (C=O) groups excluding carboxylic acids is 2. The molecule has 4 N–H and O–H groups in total.